The molecule has 0 amide bonds. The van der Waals surface area contributed by atoms with Crippen molar-refractivity contribution in [3.05, 3.63) is 36.3 Å². The summed E-state index contributed by atoms with van der Waals surface area (Å²) in [6.45, 7) is 2.16. The van der Waals surface area contributed by atoms with E-state index in [0.29, 0.717) is 0 Å². The third-order valence-electron chi connectivity index (χ3n) is 3.11. The molecule has 8 heteroatoms. The zero-order valence-corrected chi connectivity index (χ0v) is 14.3. The summed E-state index contributed by atoms with van der Waals surface area (Å²) >= 11 is 8.00. The number of aromatic amines is 1. The molecule has 0 fully saturated rings. The molecule has 2 aromatic heterocycles. The molecule has 21 heavy (non-hydrogen) atoms. The number of fused-ring (bicyclic) bond motifs is 1. The average molecular weight is 340 g/mol. The topological polar surface area (TPSA) is 58.5 Å². The van der Waals surface area contributed by atoms with Gasteiger partial charge < -0.3 is 4.72 Å². The SMILES string of the molecule is CCc1ccc2cnn(C)c2c1NSc1cn[nH]c1.SS. The van der Waals surface area contributed by atoms with Crippen LogP contribution >= 0.6 is 35.3 Å². The van der Waals surface area contributed by atoms with E-state index in [2.05, 4.69) is 62.4 Å². The van der Waals surface area contributed by atoms with Gasteiger partial charge >= 0.3 is 0 Å². The van der Waals surface area contributed by atoms with E-state index in [1.807, 2.05) is 24.1 Å². The van der Waals surface area contributed by atoms with Gasteiger partial charge in [0.1, 0.15) is 0 Å². The largest absolute Gasteiger partial charge is 0.323 e. The molecular formula is C13H17N5S3. The maximum absolute atomic E-state index is 4.33. The van der Waals surface area contributed by atoms with Crippen LogP contribution in [0.25, 0.3) is 10.9 Å². The lowest BCUT2D eigenvalue weighted by atomic mass is 10.1. The molecule has 0 unspecified atom stereocenters. The molecule has 112 valence electrons. The van der Waals surface area contributed by atoms with Crippen molar-refractivity contribution in [2.24, 2.45) is 7.05 Å². The number of hydrogen-bond acceptors (Lipinski definition) is 6. The number of rotatable bonds is 4. The van der Waals surface area contributed by atoms with Crippen LogP contribution in [-0.2, 0) is 13.5 Å². The van der Waals surface area contributed by atoms with Gasteiger partial charge in [0.2, 0.25) is 0 Å². The lowest BCUT2D eigenvalue weighted by Gasteiger charge is -2.11. The van der Waals surface area contributed by atoms with Crippen molar-refractivity contribution in [1.82, 2.24) is 20.0 Å². The average Bonchev–Trinajstić information content (AvgIpc) is 3.17. The second-order valence-corrected chi connectivity index (χ2v) is 5.18. The highest BCUT2D eigenvalue weighted by Crippen LogP contribution is 2.31. The first kappa shape index (κ1) is 16.1. The Hall–Kier alpha value is -1.25. The van der Waals surface area contributed by atoms with Crippen LogP contribution in [-0.4, -0.2) is 20.0 Å². The lowest BCUT2D eigenvalue weighted by Crippen LogP contribution is -1.98. The fraction of sp³-hybridized carbons (Fsp3) is 0.231. The number of nitrogens with one attached hydrogen (secondary N) is 2. The Kier molecular flexibility index (Phi) is 5.89. The van der Waals surface area contributed by atoms with Crippen LogP contribution in [0.3, 0.4) is 0 Å². The van der Waals surface area contributed by atoms with Gasteiger partial charge in [-0.3, -0.25) is 9.78 Å². The summed E-state index contributed by atoms with van der Waals surface area (Å²) in [5.41, 5.74) is 3.55. The summed E-state index contributed by atoms with van der Waals surface area (Å²) in [5.74, 6) is 0. The molecule has 0 aliphatic carbocycles. The highest BCUT2D eigenvalue weighted by Gasteiger charge is 2.10. The van der Waals surface area contributed by atoms with Crippen molar-refractivity contribution in [3.63, 3.8) is 0 Å². The van der Waals surface area contributed by atoms with Gasteiger partial charge in [-0.15, -0.1) is 23.3 Å². The molecule has 0 bridgehead atoms. The Balaban J connectivity index is 0.000000774. The highest BCUT2D eigenvalue weighted by atomic mass is 33.1. The van der Waals surface area contributed by atoms with Gasteiger partial charge in [0.15, 0.2) is 0 Å². The van der Waals surface area contributed by atoms with Crippen LogP contribution in [0.5, 0.6) is 0 Å². The number of aromatic nitrogens is 4. The molecule has 2 heterocycles. The van der Waals surface area contributed by atoms with E-state index in [-0.39, 0.29) is 0 Å². The zero-order valence-electron chi connectivity index (χ0n) is 11.7. The predicted molar refractivity (Wildman–Crippen MR) is 96.1 cm³/mol. The van der Waals surface area contributed by atoms with Crippen molar-refractivity contribution in [2.75, 3.05) is 4.72 Å². The first-order chi connectivity index (χ1) is 10.3. The molecule has 0 aliphatic rings. The Morgan fingerprint density at radius 1 is 1.33 bits per heavy atom. The number of aryl methyl sites for hydroxylation is 2. The van der Waals surface area contributed by atoms with Gasteiger partial charge in [0.05, 0.1) is 28.5 Å². The minimum atomic E-state index is 0.982. The summed E-state index contributed by atoms with van der Waals surface area (Å²) in [7, 11) is 1.97. The molecule has 5 nitrogen and oxygen atoms in total. The Bertz CT molecular complexity index is 693. The minimum Gasteiger partial charge on any atom is -0.323 e. The van der Waals surface area contributed by atoms with Gasteiger partial charge in [-0.1, -0.05) is 19.1 Å². The van der Waals surface area contributed by atoms with Crippen molar-refractivity contribution in [3.8, 4) is 0 Å². The van der Waals surface area contributed by atoms with E-state index < -0.39 is 0 Å². The number of thiol groups is 2. The quantitative estimate of drug-likeness (QED) is 0.332. The molecule has 0 saturated carbocycles. The number of benzene rings is 1. The van der Waals surface area contributed by atoms with Gasteiger partial charge in [-0.05, 0) is 23.9 Å². The fourth-order valence-electron chi connectivity index (χ4n) is 2.12. The molecule has 3 rings (SSSR count). The second-order valence-electron chi connectivity index (χ2n) is 4.30. The molecule has 0 atom stereocenters. The monoisotopic (exact) mass is 339 g/mol. The van der Waals surface area contributed by atoms with Crippen molar-refractivity contribution in [1.29, 1.82) is 0 Å². The first-order valence-corrected chi connectivity index (χ1v) is 8.76. The van der Waals surface area contributed by atoms with E-state index >= 15 is 0 Å². The van der Waals surface area contributed by atoms with Crippen LogP contribution in [0.4, 0.5) is 5.69 Å². The van der Waals surface area contributed by atoms with Crippen LogP contribution in [0.1, 0.15) is 12.5 Å². The number of H-pyrrole nitrogens is 1. The maximum atomic E-state index is 4.33. The summed E-state index contributed by atoms with van der Waals surface area (Å²) in [4.78, 5) is 1.06. The van der Waals surface area contributed by atoms with Crippen LogP contribution in [0.2, 0.25) is 0 Å². The van der Waals surface area contributed by atoms with E-state index in [9.17, 15) is 0 Å². The van der Waals surface area contributed by atoms with Gasteiger partial charge in [0.25, 0.3) is 0 Å². The van der Waals surface area contributed by atoms with Crippen molar-refractivity contribution in [2.45, 2.75) is 18.2 Å². The maximum Gasteiger partial charge on any atom is 0.0921 e. The third-order valence-corrected chi connectivity index (χ3v) is 3.88. The lowest BCUT2D eigenvalue weighted by molar-refractivity contribution is 0.797. The number of hydrogen-bond donors (Lipinski definition) is 4. The minimum absolute atomic E-state index is 0.982. The third kappa shape index (κ3) is 3.50. The Morgan fingerprint density at radius 2 is 2.14 bits per heavy atom. The van der Waals surface area contributed by atoms with E-state index in [0.717, 1.165) is 27.9 Å². The molecular weight excluding hydrogens is 322 g/mol. The standard InChI is InChI=1S/C13H15N5S.H2S2/c1-3-9-4-5-10-6-16-18(2)13(10)12(9)17-19-11-7-14-15-8-11;1-2/h4-8,17H,3H2,1-2H3,(H,14,15);1-2H. The predicted octanol–water partition coefficient (Wildman–Crippen LogP) is 3.74. The van der Waals surface area contributed by atoms with E-state index in [1.165, 1.54) is 5.56 Å². The number of anilines is 1. The first-order valence-electron chi connectivity index (χ1n) is 6.35. The zero-order chi connectivity index (χ0) is 15.2. The summed E-state index contributed by atoms with van der Waals surface area (Å²) in [6, 6.07) is 4.27. The molecule has 0 radical (unpaired) electrons. The molecule has 3 aromatic rings. The Labute approximate surface area is 138 Å². The molecule has 0 aliphatic heterocycles. The Morgan fingerprint density at radius 3 is 2.81 bits per heavy atom. The summed E-state index contributed by atoms with van der Waals surface area (Å²) < 4.78 is 5.34. The van der Waals surface area contributed by atoms with Crippen molar-refractivity contribution >= 4 is 51.9 Å². The molecule has 0 spiro atoms. The van der Waals surface area contributed by atoms with Gasteiger partial charge in [-0.2, -0.15) is 10.2 Å². The molecule has 1 aromatic carbocycles. The fourth-order valence-corrected chi connectivity index (χ4v) is 2.79. The van der Waals surface area contributed by atoms with Crippen molar-refractivity contribution < 1.29 is 0 Å². The van der Waals surface area contributed by atoms with E-state index in [4.69, 9.17) is 0 Å². The highest BCUT2D eigenvalue weighted by molar-refractivity contribution is 8.59. The molecule has 2 N–H and O–H groups in total. The van der Waals surface area contributed by atoms with Gasteiger partial charge in [-0.25, -0.2) is 0 Å². The summed E-state index contributed by atoms with van der Waals surface area (Å²) in [5, 5.41) is 12.2. The second kappa shape index (κ2) is 7.67. The normalized spacial score (nSPS) is 10.3. The number of nitrogens with zero attached hydrogens (tertiary/aromatic N) is 3. The van der Waals surface area contributed by atoms with Crippen LogP contribution in [0, 0.1) is 0 Å². The van der Waals surface area contributed by atoms with Crippen LogP contribution in [0.15, 0.2) is 35.6 Å². The molecule has 0 saturated heterocycles. The smallest absolute Gasteiger partial charge is 0.0921 e. The van der Waals surface area contributed by atoms with E-state index in [1.54, 1.807) is 18.1 Å². The van der Waals surface area contributed by atoms with Gasteiger partial charge in [0, 0.05) is 18.6 Å². The van der Waals surface area contributed by atoms with Crippen LogP contribution < -0.4 is 4.72 Å². The summed E-state index contributed by atoms with van der Waals surface area (Å²) in [6.07, 6.45) is 6.54.